The van der Waals surface area contributed by atoms with Gasteiger partial charge in [-0.2, -0.15) is 5.10 Å². The molecule has 0 aliphatic carbocycles. The summed E-state index contributed by atoms with van der Waals surface area (Å²) in [5.74, 6) is 0. The SMILES string of the molecule is COCc1nn(-c2ccccc2[N+](=O)[O-])c(Cl)c1[N+](=O)[O-]. The van der Waals surface area contributed by atoms with E-state index in [0.717, 1.165) is 4.68 Å². The van der Waals surface area contributed by atoms with Gasteiger partial charge in [0.05, 0.1) is 16.5 Å². The molecular formula is C11H9ClN4O5. The number of nitro groups is 2. The molecule has 0 aliphatic rings. The van der Waals surface area contributed by atoms with Crippen LogP contribution in [-0.4, -0.2) is 26.7 Å². The van der Waals surface area contributed by atoms with E-state index in [1.165, 1.54) is 25.3 Å². The smallest absolute Gasteiger partial charge is 0.331 e. The molecule has 0 aliphatic heterocycles. The fraction of sp³-hybridized carbons (Fsp3) is 0.182. The Kier molecular flexibility index (Phi) is 4.15. The minimum atomic E-state index is -0.699. The zero-order valence-electron chi connectivity index (χ0n) is 10.7. The monoisotopic (exact) mass is 312 g/mol. The predicted octanol–water partition coefficient (Wildman–Crippen LogP) is 2.49. The average Bonchev–Trinajstić information content (AvgIpc) is 2.76. The van der Waals surface area contributed by atoms with E-state index >= 15 is 0 Å². The Morgan fingerprint density at radius 3 is 2.52 bits per heavy atom. The second-order valence-corrected chi connectivity index (χ2v) is 4.29. The molecule has 10 heteroatoms. The summed E-state index contributed by atoms with van der Waals surface area (Å²) < 4.78 is 5.79. The quantitative estimate of drug-likeness (QED) is 0.619. The molecule has 2 aromatic rings. The highest BCUT2D eigenvalue weighted by atomic mass is 35.5. The average molecular weight is 313 g/mol. The van der Waals surface area contributed by atoms with Crippen LogP contribution in [-0.2, 0) is 11.3 Å². The number of ether oxygens (including phenoxy) is 1. The molecule has 110 valence electrons. The second-order valence-electron chi connectivity index (χ2n) is 3.93. The molecule has 0 spiro atoms. The molecule has 0 unspecified atom stereocenters. The molecule has 21 heavy (non-hydrogen) atoms. The standard InChI is InChI=1S/C11H9ClN4O5/c1-21-6-7-10(16(19)20)11(12)14(13-7)8-4-2-3-5-9(8)15(17)18/h2-5H,6H2,1H3. The van der Waals surface area contributed by atoms with Gasteiger partial charge in [-0.05, 0) is 6.07 Å². The van der Waals surface area contributed by atoms with E-state index in [-0.39, 0.29) is 28.8 Å². The maximum atomic E-state index is 11.1. The molecule has 0 N–H and O–H groups in total. The highest BCUT2D eigenvalue weighted by molar-refractivity contribution is 6.32. The Morgan fingerprint density at radius 2 is 1.95 bits per heavy atom. The van der Waals surface area contributed by atoms with Crippen molar-refractivity contribution >= 4 is 23.0 Å². The van der Waals surface area contributed by atoms with E-state index in [9.17, 15) is 20.2 Å². The molecule has 9 nitrogen and oxygen atoms in total. The summed E-state index contributed by atoms with van der Waals surface area (Å²) in [7, 11) is 1.35. The minimum absolute atomic E-state index is 0.00866. The van der Waals surface area contributed by atoms with Gasteiger partial charge in [0.15, 0.2) is 5.69 Å². The zero-order valence-corrected chi connectivity index (χ0v) is 11.5. The number of nitrogens with zero attached hydrogens (tertiary/aromatic N) is 4. The fourth-order valence-electron chi connectivity index (χ4n) is 1.80. The number of benzene rings is 1. The van der Waals surface area contributed by atoms with Gasteiger partial charge in [-0.15, -0.1) is 0 Å². The molecule has 0 radical (unpaired) electrons. The molecule has 0 fully saturated rings. The van der Waals surface area contributed by atoms with Crippen molar-refractivity contribution in [1.82, 2.24) is 9.78 Å². The van der Waals surface area contributed by atoms with E-state index in [0.29, 0.717) is 0 Å². The number of hydrogen-bond donors (Lipinski definition) is 0. The minimum Gasteiger partial charge on any atom is -0.378 e. The molecule has 1 aromatic heterocycles. The summed E-state index contributed by atoms with van der Waals surface area (Å²) in [5.41, 5.74) is -0.666. The van der Waals surface area contributed by atoms with Gasteiger partial charge in [-0.3, -0.25) is 20.2 Å². The topological polar surface area (TPSA) is 113 Å². The molecule has 0 saturated carbocycles. The molecule has 0 bridgehead atoms. The van der Waals surface area contributed by atoms with E-state index in [1.54, 1.807) is 6.07 Å². The van der Waals surface area contributed by atoms with Gasteiger partial charge in [-0.1, -0.05) is 23.7 Å². The molecule has 2 rings (SSSR count). The third-order valence-corrected chi connectivity index (χ3v) is 2.98. The van der Waals surface area contributed by atoms with Crippen molar-refractivity contribution in [3.05, 3.63) is 55.3 Å². The second kappa shape index (κ2) is 5.85. The fourth-order valence-corrected chi connectivity index (χ4v) is 2.11. The van der Waals surface area contributed by atoms with Crippen molar-refractivity contribution in [2.45, 2.75) is 6.61 Å². The summed E-state index contributed by atoms with van der Waals surface area (Å²) in [4.78, 5) is 20.8. The van der Waals surface area contributed by atoms with Gasteiger partial charge in [-0.25, -0.2) is 4.68 Å². The lowest BCUT2D eigenvalue weighted by atomic mass is 10.3. The lowest BCUT2D eigenvalue weighted by molar-refractivity contribution is -0.386. The van der Waals surface area contributed by atoms with Gasteiger partial charge in [0.2, 0.25) is 5.15 Å². The summed E-state index contributed by atoms with van der Waals surface area (Å²) >= 11 is 5.95. The first-order chi connectivity index (χ1) is 9.97. The largest absolute Gasteiger partial charge is 0.378 e. The Hall–Kier alpha value is -2.52. The third-order valence-electron chi connectivity index (χ3n) is 2.65. The van der Waals surface area contributed by atoms with E-state index < -0.39 is 15.5 Å². The van der Waals surface area contributed by atoms with Crippen LogP contribution in [0.1, 0.15) is 5.69 Å². The number of nitro benzene ring substituents is 1. The first-order valence-electron chi connectivity index (χ1n) is 5.62. The van der Waals surface area contributed by atoms with Crippen molar-refractivity contribution in [3.8, 4) is 5.69 Å². The maximum absolute atomic E-state index is 11.1. The Morgan fingerprint density at radius 1 is 1.29 bits per heavy atom. The van der Waals surface area contributed by atoms with Gasteiger partial charge in [0.1, 0.15) is 5.69 Å². The van der Waals surface area contributed by atoms with Crippen molar-refractivity contribution in [1.29, 1.82) is 0 Å². The van der Waals surface area contributed by atoms with Crippen molar-refractivity contribution in [3.63, 3.8) is 0 Å². The maximum Gasteiger partial charge on any atom is 0.331 e. The summed E-state index contributed by atoms with van der Waals surface area (Å²) in [5, 5.41) is 25.7. The predicted molar refractivity (Wildman–Crippen MR) is 72.6 cm³/mol. The molecule has 1 heterocycles. The van der Waals surface area contributed by atoms with Crippen LogP contribution < -0.4 is 0 Å². The normalized spacial score (nSPS) is 10.6. The van der Waals surface area contributed by atoms with Crippen molar-refractivity contribution in [2.24, 2.45) is 0 Å². The zero-order chi connectivity index (χ0) is 15.6. The van der Waals surface area contributed by atoms with Gasteiger partial charge < -0.3 is 4.74 Å². The number of methoxy groups -OCH3 is 1. The summed E-state index contributed by atoms with van der Waals surface area (Å²) in [6, 6.07) is 5.68. The van der Waals surface area contributed by atoms with E-state index in [1.807, 2.05) is 0 Å². The molecular weight excluding hydrogens is 304 g/mol. The first-order valence-corrected chi connectivity index (χ1v) is 5.99. The molecule has 0 atom stereocenters. The van der Waals surface area contributed by atoms with E-state index in [2.05, 4.69) is 5.10 Å². The Balaban J connectivity index is 2.68. The highest BCUT2D eigenvalue weighted by Gasteiger charge is 2.29. The van der Waals surface area contributed by atoms with Crippen LogP contribution >= 0.6 is 11.6 Å². The van der Waals surface area contributed by atoms with Crippen LogP contribution in [0.25, 0.3) is 5.69 Å². The summed E-state index contributed by atoms with van der Waals surface area (Å²) in [6.07, 6.45) is 0. The van der Waals surface area contributed by atoms with Crippen LogP contribution in [0.4, 0.5) is 11.4 Å². The Labute approximate surface area is 123 Å². The van der Waals surface area contributed by atoms with Crippen LogP contribution in [0.3, 0.4) is 0 Å². The molecule has 0 amide bonds. The first kappa shape index (κ1) is 14.9. The van der Waals surface area contributed by atoms with E-state index in [4.69, 9.17) is 16.3 Å². The lowest BCUT2D eigenvalue weighted by Gasteiger charge is -2.02. The van der Waals surface area contributed by atoms with Crippen molar-refractivity contribution < 1.29 is 14.6 Å². The van der Waals surface area contributed by atoms with Crippen LogP contribution in [0.5, 0.6) is 0 Å². The molecule has 0 saturated heterocycles. The number of rotatable bonds is 5. The molecule has 1 aromatic carbocycles. The van der Waals surface area contributed by atoms with Crippen LogP contribution in [0.15, 0.2) is 24.3 Å². The van der Waals surface area contributed by atoms with Crippen LogP contribution in [0, 0.1) is 20.2 Å². The van der Waals surface area contributed by atoms with Crippen molar-refractivity contribution in [2.75, 3.05) is 7.11 Å². The van der Waals surface area contributed by atoms with Gasteiger partial charge in [0, 0.05) is 13.2 Å². The number of hydrogen-bond acceptors (Lipinski definition) is 6. The van der Waals surface area contributed by atoms with Crippen LogP contribution in [0.2, 0.25) is 5.15 Å². The Bertz CT molecular complexity index is 715. The highest BCUT2D eigenvalue weighted by Crippen LogP contribution is 2.33. The van der Waals surface area contributed by atoms with Gasteiger partial charge >= 0.3 is 5.69 Å². The lowest BCUT2D eigenvalue weighted by Crippen LogP contribution is -2.02. The third kappa shape index (κ3) is 2.69. The number of para-hydroxylation sites is 2. The van der Waals surface area contributed by atoms with Gasteiger partial charge in [0.25, 0.3) is 5.69 Å². The summed E-state index contributed by atoms with van der Waals surface area (Å²) in [6.45, 7) is -0.135. The number of halogens is 1. The number of aromatic nitrogens is 2.